The number of H-pyrrole nitrogens is 1. The van der Waals surface area contributed by atoms with Gasteiger partial charge in [-0.3, -0.25) is 14.6 Å². The van der Waals surface area contributed by atoms with Crippen molar-refractivity contribution in [3.63, 3.8) is 0 Å². The molecule has 0 saturated heterocycles. The highest BCUT2D eigenvalue weighted by atomic mass is 16.5. The van der Waals surface area contributed by atoms with E-state index in [1.165, 1.54) is 12.1 Å². The number of aliphatic hydroxyl groups excluding tert-OH is 1. The number of nitrogens with zero attached hydrogens (tertiary/aromatic N) is 3. The van der Waals surface area contributed by atoms with E-state index >= 15 is 0 Å². The molecule has 0 fully saturated rings. The third-order valence-corrected chi connectivity index (χ3v) is 3.62. The smallest absolute Gasteiger partial charge is 0.248 e. The van der Waals surface area contributed by atoms with Gasteiger partial charge in [0.05, 0.1) is 0 Å². The topological polar surface area (TPSA) is 134 Å². The summed E-state index contributed by atoms with van der Waals surface area (Å²) in [6.07, 6.45) is 2.68. The van der Waals surface area contributed by atoms with Gasteiger partial charge in [0, 0.05) is 49.1 Å². The van der Waals surface area contributed by atoms with Crippen LogP contribution in [0.5, 0.6) is 0 Å². The van der Waals surface area contributed by atoms with Crippen molar-refractivity contribution in [1.82, 2.24) is 25.4 Å². The number of carbonyl (C=O) groups excluding carboxylic acids is 1. The van der Waals surface area contributed by atoms with Gasteiger partial charge in [0.2, 0.25) is 23.2 Å². The highest BCUT2D eigenvalue weighted by molar-refractivity contribution is 5.76. The van der Waals surface area contributed by atoms with Crippen molar-refractivity contribution in [3.05, 3.63) is 64.7 Å². The summed E-state index contributed by atoms with van der Waals surface area (Å²) in [7, 11) is 0. The van der Waals surface area contributed by atoms with Crippen LogP contribution in [0, 0.1) is 0 Å². The van der Waals surface area contributed by atoms with E-state index in [9.17, 15) is 14.7 Å². The van der Waals surface area contributed by atoms with Gasteiger partial charge in [-0.25, -0.2) is 0 Å². The molecule has 3 aromatic heterocycles. The molecule has 1 amide bonds. The molecule has 3 aromatic rings. The van der Waals surface area contributed by atoms with E-state index in [0.29, 0.717) is 17.4 Å². The number of aromatic amines is 1. The fourth-order valence-corrected chi connectivity index (χ4v) is 2.26. The monoisotopic (exact) mass is 355 g/mol. The summed E-state index contributed by atoms with van der Waals surface area (Å²) in [5, 5.41) is 16.4. The number of amides is 1. The lowest BCUT2D eigenvalue weighted by atomic mass is 10.2. The number of nitrogens with one attached hydrogen (secondary N) is 2. The van der Waals surface area contributed by atoms with E-state index in [0.717, 1.165) is 5.56 Å². The minimum Gasteiger partial charge on any atom is -0.385 e. The van der Waals surface area contributed by atoms with Gasteiger partial charge in [0.25, 0.3) is 0 Å². The van der Waals surface area contributed by atoms with Gasteiger partial charge in [-0.2, -0.15) is 4.98 Å². The maximum Gasteiger partial charge on any atom is 0.248 e. The first-order chi connectivity index (χ1) is 12.6. The van der Waals surface area contributed by atoms with Crippen LogP contribution in [0.3, 0.4) is 0 Å². The van der Waals surface area contributed by atoms with E-state index in [1.54, 1.807) is 30.6 Å². The number of aromatic nitrogens is 4. The quantitative estimate of drug-likeness (QED) is 0.565. The van der Waals surface area contributed by atoms with Crippen molar-refractivity contribution < 1.29 is 14.4 Å². The summed E-state index contributed by atoms with van der Waals surface area (Å²) in [4.78, 5) is 33.8. The summed E-state index contributed by atoms with van der Waals surface area (Å²) in [5.74, 6) is 0.511. The summed E-state index contributed by atoms with van der Waals surface area (Å²) < 4.78 is 5.13. The largest absolute Gasteiger partial charge is 0.385 e. The molecule has 3 N–H and O–H groups in total. The van der Waals surface area contributed by atoms with Crippen molar-refractivity contribution in [2.45, 2.75) is 18.9 Å². The molecular weight excluding hydrogens is 338 g/mol. The standard InChI is InChI=1S/C17H17N5O4/c23-13(12-2-1-3-15(25)20-12)10-19-14(24)4-5-16-21-17(22-26-16)11-6-8-18-9-7-11/h1-3,6-9,13,23H,4-5,10H2,(H,19,24)(H,20,25). The first-order valence-electron chi connectivity index (χ1n) is 7.99. The van der Waals surface area contributed by atoms with Crippen LogP contribution >= 0.6 is 0 Å². The van der Waals surface area contributed by atoms with E-state index in [1.807, 2.05) is 0 Å². The molecule has 26 heavy (non-hydrogen) atoms. The van der Waals surface area contributed by atoms with Gasteiger partial charge < -0.3 is 19.9 Å². The second kappa shape index (κ2) is 8.17. The van der Waals surface area contributed by atoms with E-state index in [2.05, 4.69) is 25.4 Å². The number of rotatable bonds is 7. The molecule has 0 aromatic carbocycles. The Morgan fingerprint density at radius 3 is 2.85 bits per heavy atom. The molecule has 9 heteroatoms. The number of aliphatic hydroxyl groups is 1. The molecule has 134 valence electrons. The van der Waals surface area contributed by atoms with Gasteiger partial charge in [0.1, 0.15) is 6.10 Å². The van der Waals surface area contributed by atoms with Gasteiger partial charge in [-0.05, 0) is 18.2 Å². The Kier molecular flexibility index (Phi) is 5.49. The van der Waals surface area contributed by atoms with Crippen molar-refractivity contribution in [2.75, 3.05) is 6.54 Å². The van der Waals surface area contributed by atoms with Crippen molar-refractivity contribution >= 4 is 5.91 Å². The minimum atomic E-state index is -0.991. The number of hydrogen-bond donors (Lipinski definition) is 3. The summed E-state index contributed by atoms with van der Waals surface area (Å²) in [5.41, 5.74) is 0.811. The van der Waals surface area contributed by atoms with Crippen molar-refractivity contribution in [2.24, 2.45) is 0 Å². The molecular formula is C17H17N5O4. The highest BCUT2D eigenvalue weighted by Crippen LogP contribution is 2.14. The third kappa shape index (κ3) is 4.61. The van der Waals surface area contributed by atoms with Crippen LogP contribution in [0.1, 0.15) is 24.1 Å². The van der Waals surface area contributed by atoms with Gasteiger partial charge in [0.15, 0.2) is 0 Å². The summed E-state index contributed by atoms with van der Waals surface area (Å²) >= 11 is 0. The van der Waals surface area contributed by atoms with Crippen LogP contribution in [0.15, 0.2) is 52.0 Å². The van der Waals surface area contributed by atoms with Gasteiger partial charge in [-0.1, -0.05) is 11.2 Å². The Morgan fingerprint density at radius 1 is 1.27 bits per heavy atom. The van der Waals surface area contributed by atoms with E-state index < -0.39 is 6.10 Å². The Labute approximate surface area is 148 Å². The summed E-state index contributed by atoms with van der Waals surface area (Å²) in [6.45, 7) is -0.00904. The maximum atomic E-state index is 11.9. The molecule has 0 saturated carbocycles. The zero-order valence-electron chi connectivity index (χ0n) is 13.8. The average Bonchev–Trinajstić information content (AvgIpc) is 3.14. The first kappa shape index (κ1) is 17.5. The molecule has 0 aliphatic rings. The zero-order chi connectivity index (χ0) is 18.4. The van der Waals surface area contributed by atoms with Crippen LogP contribution in [0.2, 0.25) is 0 Å². The predicted molar refractivity (Wildman–Crippen MR) is 90.9 cm³/mol. The van der Waals surface area contributed by atoms with Crippen LogP contribution in [0.4, 0.5) is 0 Å². The van der Waals surface area contributed by atoms with Gasteiger partial charge in [-0.15, -0.1) is 0 Å². The molecule has 0 aliphatic heterocycles. The SMILES string of the molecule is O=C(CCc1nc(-c2ccncc2)no1)NCC(O)c1cccc(=O)[nH]1. The normalized spacial score (nSPS) is 11.9. The lowest BCUT2D eigenvalue weighted by Gasteiger charge is -2.11. The molecule has 0 radical (unpaired) electrons. The van der Waals surface area contributed by atoms with Gasteiger partial charge >= 0.3 is 0 Å². The predicted octanol–water partition coefficient (Wildman–Crippen LogP) is 0.602. The average molecular weight is 355 g/mol. The first-order valence-corrected chi connectivity index (χ1v) is 7.99. The van der Waals surface area contributed by atoms with Crippen molar-refractivity contribution in [3.8, 4) is 11.4 Å². The highest BCUT2D eigenvalue weighted by Gasteiger charge is 2.13. The number of pyridine rings is 2. The lowest BCUT2D eigenvalue weighted by Crippen LogP contribution is -2.29. The molecule has 3 heterocycles. The molecule has 0 spiro atoms. The number of hydrogen-bond acceptors (Lipinski definition) is 7. The van der Waals surface area contributed by atoms with Crippen LogP contribution in [-0.4, -0.2) is 37.7 Å². The van der Waals surface area contributed by atoms with Crippen LogP contribution in [-0.2, 0) is 11.2 Å². The summed E-state index contributed by atoms with van der Waals surface area (Å²) in [6, 6.07) is 7.99. The zero-order valence-corrected chi connectivity index (χ0v) is 13.8. The maximum absolute atomic E-state index is 11.9. The molecule has 3 rings (SSSR count). The Hall–Kier alpha value is -3.33. The fourth-order valence-electron chi connectivity index (χ4n) is 2.26. The molecule has 9 nitrogen and oxygen atoms in total. The molecule has 1 atom stereocenters. The third-order valence-electron chi connectivity index (χ3n) is 3.62. The Bertz CT molecular complexity index is 922. The second-order valence-corrected chi connectivity index (χ2v) is 5.54. The Morgan fingerprint density at radius 2 is 2.08 bits per heavy atom. The molecule has 0 bridgehead atoms. The fraction of sp³-hybridized carbons (Fsp3) is 0.235. The Balaban J connectivity index is 1.47. The number of carbonyl (C=O) groups is 1. The molecule has 1 unspecified atom stereocenters. The minimum absolute atomic E-state index is 0.00904. The number of aryl methyl sites for hydroxylation is 1. The molecule has 0 aliphatic carbocycles. The van der Waals surface area contributed by atoms with E-state index in [-0.39, 0.29) is 30.9 Å². The van der Waals surface area contributed by atoms with Crippen molar-refractivity contribution in [1.29, 1.82) is 0 Å². The second-order valence-electron chi connectivity index (χ2n) is 5.54. The van der Waals surface area contributed by atoms with E-state index in [4.69, 9.17) is 4.52 Å². The van der Waals surface area contributed by atoms with Crippen LogP contribution in [0.25, 0.3) is 11.4 Å². The lowest BCUT2D eigenvalue weighted by molar-refractivity contribution is -0.121. The van der Waals surface area contributed by atoms with Crippen LogP contribution < -0.4 is 10.9 Å².